The topological polar surface area (TPSA) is 6.48 Å². The molecule has 1 aromatic heterocycles. The van der Waals surface area contributed by atoms with Crippen LogP contribution in [0.4, 0.5) is 34.1 Å². The molecule has 4 aliphatic rings. The Hall–Kier alpha value is -5.06. The molecule has 0 saturated heterocycles. The third-order valence-electron chi connectivity index (χ3n) is 16.1. The van der Waals surface area contributed by atoms with Gasteiger partial charge in [0.15, 0.2) is 0 Å². The highest BCUT2D eigenvalue weighted by molar-refractivity contribution is 7.33. The van der Waals surface area contributed by atoms with Crippen LogP contribution in [0.5, 0.6) is 0 Å². The van der Waals surface area contributed by atoms with Crippen molar-refractivity contribution in [3.63, 3.8) is 0 Å². The molecule has 0 spiro atoms. The number of anilines is 6. The van der Waals surface area contributed by atoms with E-state index >= 15 is 0 Å². The quantitative estimate of drug-likeness (QED) is 0.160. The van der Waals surface area contributed by atoms with Crippen molar-refractivity contribution in [1.82, 2.24) is 0 Å². The van der Waals surface area contributed by atoms with E-state index in [4.69, 9.17) is 0 Å². The summed E-state index contributed by atoms with van der Waals surface area (Å²) in [5, 5.41) is 1.35. The summed E-state index contributed by atoms with van der Waals surface area (Å²) < 4.78 is 2.80. The van der Waals surface area contributed by atoms with Crippen molar-refractivity contribution >= 4 is 78.0 Å². The van der Waals surface area contributed by atoms with Crippen molar-refractivity contribution in [2.45, 2.75) is 149 Å². The molecule has 0 atom stereocenters. The van der Waals surface area contributed by atoms with E-state index in [2.05, 4.69) is 223 Å². The van der Waals surface area contributed by atoms with Crippen LogP contribution in [0, 0.1) is 0 Å². The molecule has 2 aliphatic heterocycles. The van der Waals surface area contributed by atoms with E-state index in [-0.39, 0.29) is 39.2 Å². The molecule has 0 amide bonds. The Morgan fingerprint density at radius 2 is 1.15 bits per heavy atom. The summed E-state index contributed by atoms with van der Waals surface area (Å²) in [6.45, 7) is 36.1. The van der Waals surface area contributed by atoms with Gasteiger partial charge in [-0.1, -0.05) is 165 Å². The molecule has 3 heterocycles. The number of thiophene rings is 1. The molecule has 4 heteroatoms. The highest BCUT2D eigenvalue weighted by Crippen LogP contribution is 2.59. The van der Waals surface area contributed by atoms with Gasteiger partial charge in [-0.2, -0.15) is 0 Å². The molecule has 330 valence electrons. The summed E-state index contributed by atoms with van der Waals surface area (Å²) in [5.74, 6) is 0. The Balaban J connectivity index is 1.28. The SMILES string of the molecule is CC(C)(C)c1ccc(N2c3cccc4c3B(c3cc5c(cc3N4c3ccc(C(C)(C)C)c4c3C(C)(C)c3ccccc3-4)C(C)(C)CCC5(C)C)c3sc4ccc(C(C)(C)C)cc4c32)cc1. The monoisotopic (exact) mass is 871 g/mol. The normalized spacial score (nSPS) is 17.6. The number of fused-ring (bicyclic) bond motifs is 10. The highest BCUT2D eigenvalue weighted by Gasteiger charge is 2.49. The third kappa shape index (κ3) is 6.10. The zero-order chi connectivity index (χ0) is 46.1. The van der Waals surface area contributed by atoms with Gasteiger partial charge in [0.1, 0.15) is 0 Å². The Morgan fingerprint density at radius 1 is 0.538 bits per heavy atom. The molecule has 6 aromatic carbocycles. The van der Waals surface area contributed by atoms with E-state index in [1.807, 2.05) is 11.3 Å². The average molecular weight is 871 g/mol. The first-order chi connectivity index (χ1) is 30.4. The van der Waals surface area contributed by atoms with Gasteiger partial charge < -0.3 is 9.80 Å². The summed E-state index contributed by atoms with van der Waals surface area (Å²) in [4.78, 5) is 5.38. The first kappa shape index (κ1) is 42.6. The zero-order valence-electron chi connectivity index (χ0n) is 41.7. The second-order valence-corrected chi connectivity index (χ2v) is 26.0. The number of benzene rings is 6. The molecule has 0 fully saturated rings. The molecule has 7 aromatic rings. The lowest BCUT2D eigenvalue weighted by atomic mass is 9.35. The molecular weight excluding hydrogens is 804 g/mol. The molecule has 0 N–H and O–H groups in total. The fourth-order valence-electron chi connectivity index (χ4n) is 12.3. The van der Waals surface area contributed by atoms with Crippen LogP contribution in [0.15, 0.2) is 109 Å². The van der Waals surface area contributed by atoms with Crippen LogP contribution in [-0.2, 0) is 32.5 Å². The van der Waals surface area contributed by atoms with Crippen molar-refractivity contribution in [2.24, 2.45) is 0 Å². The van der Waals surface area contributed by atoms with Gasteiger partial charge in [0, 0.05) is 43.0 Å². The highest BCUT2D eigenvalue weighted by atomic mass is 32.1. The van der Waals surface area contributed by atoms with Crippen LogP contribution in [0.25, 0.3) is 21.2 Å². The minimum absolute atomic E-state index is 0.0214. The van der Waals surface area contributed by atoms with E-state index in [0.717, 1.165) is 0 Å². The van der Waals surface area contributed by atoms with Gasteiger partial charge in [0.05, 0.1) is 11.4 Å². The van der Waals surface area contributed by atoms with Gasteiger partial charge in [-0.05, 0) is 149 Å². The minimum atomic E-state index is -0.214. The van der Waals surface area contributed by atoms with E-state index in [1.54, 1.807) is 0 Å². The fraction of sp³-hybridized carbons (Fsp3) is 0.377. The van der Waals surface area contributed by atoms with Gasteiger partial charge in [0.2, 0.25) is 0 Å². The predicted molar refractivity (Wildman–Crippen MR) is 285 cm³/mol. The largest absolute Gasteiger partial charge is 0.311 e. The minimum Gasteiger partial charge on any atom is -0.311 e. The van der Waals surface area contributed by atoms with Crippen LogP contribution >= 0.6 is 11.3 Å². The summed E-state index contributed by atoms with van der Waals surface area (Å²) >= 11 is 2.02. The lowest BCUT2D eigenvalue weighted by Crippen LogP contribution is -2.61. The summed E-state index contributed by atoms with van der Waals surface area (Å²) in [6, 6.07) is 43.6. The Kier molecular flexibility index (Phi) is 8.86. The lowest BCUT2D eigenvalue weighted by molar-refractivity contribution is 0.332. The first-order valence-electron chi connectivity index (χ1n) is 24.3. The predicted octanol–water partition coefficient (Wildman–Crippen LogP) is 15.5. The van der Waals surface area contributed by atoms with Gasteiger partial charge in [-0.15, -0.1) is 11.3 Å². The number of hydrogen-bond acceptors (Lipinski definition) is 3. The fourth-order valence-corrected chi connectivity index (χ4v) is 13.6. The average Bonchev–Trinajstić information content (AvgIpc) is 3.73. The molecule has 0 unspecified atom stereocenters. The van der Waals surface area contributed by atoms with E-state index in [0.29, 0.717) is 0 Å². The van der Waals surface area contributed by atoms with Crippen LogP contribution < -0.4 is 25.5 Å². The van der Waals surface area contributed by atoms with Crippen molar-refractivity contribution in [3.8, 4) is 11.1 Å². The second-order valence-electron chi connectivity index (χ2n) is 24.9. The van der Waals surface area contributed by atoms with Gasteiger partial charge in [0.25, 0.3) is 6.71 Å². The summed E-state index contributed by atoms with van der Waals surface area (Å²) in [6.07, 6.45) is 2.35. The maximum Gasteiger partial charge on any atom is 0.264 e. The number of nitrogens with zero attached hydrogens (tertiary/aromatic N) is 2. The molecule has 0 saturated carbocycles. The van der Waals surface area contributed by atoms with E-state index in [9.17, 15) is 0 Å². The molecular formula is C61H67BN2S. The first-order valence-corrected chi connectivity index (χ1v) is 25.1. The lowest BCUT2D eigenvalue weighted by Gasteiger charge is -2.47. The van der Waals surface area contributed by atoms with Crippen LogP contribution in [-0.4, -0.2) is 6.71 Å². The molecule has 0 radical (unpaired) electrons. The van der Waals surface area contributed by atoms with Crippen LogP contribution in [0.3, 0.4) is 0 Å². The number of rotatable bonds is 2. The Morgan fingerprint density at radius 3 is 1.80 bits per heavy atom. The molecule has 65 heavy (non-hydrogen) atoms. The van der Waals surface area contributed by atoms with Gasteiger partial charge >= 0.3 is 0 Å². The van der Waals surface area contributed by atoms with E-state index < -0.39 is 0 Å². The molecule has 2 aliphatic carbocycles. The van der Waals surface area contributed by atoms with Crippen molar-refractivity contribution < 1.29 is 0 Å². The van der Waals surface area contributed by atoms with E-state index in [1.165, 1.54) is 123 Å². The summed E-state index contributed by atoms with van der Waals surface area (Å²) in [5.41, 5.74) is 23.4. The second kappa shape index (κ2) is 13.5. The smallest absolute Gasteiger partial charge is 0.264 e. The molecule has 0 bridgehead atoms. The Labute approximate surface area is 394 Å². The standard InChI is InChI=1S/C61H67BN2S/c1-56(2,3)36-23-26-38(27-24-36)63-47-21-18-22-48-53(47)62(55-54(63)40-33-37(57(4,5)6)25-30-50(40)65-55)45-34-43-44(60(12,13)32-31-59(43,10)11)35-49(45)64(48)46-29-28-42(58(7,8)9)51-39-19-16-17-20-41(39)61(14,15)52(46)51/h16-30,33-35H,31-32H2,1-15H3. The maximum atomic E-state index is 2.73. The van der Waals surface area contributed by atoms with Crippen LogP contribution in [0.1, 0.15) is 156 Å². The van der Waals surface area contributed by atoms with Gasteiger partial charge in [-0.3, -0.25) is 0 Å². The van der Waals surface area contributed by atoms with Crippen molar-refractivity contribution in [2.75, 3.05) is 9.80 Å². The molecule has 11 rings (SSSR count). The third-order valence-corrected chi connectivity index (χ3v) is 17.4. The van der Waals surface area contributed by atoms with Crippen molar-refractivity contribution in [1.29, 1.82) is 0 Å². The zero-order valence-corrected chi connectivity index (χ0v) is 42.5. The van der Waals surface area contributed by atoms with Crippen molar-refractivity contribution in [3.05, 3.63) is 148 Å². The number of hydrogen-bond donors (Lipinski definition) is 0. The Bertz CT molecular complexity index is 3140. The van der Waals surface area contributed by atoms with Gasteiger partial charge in [-0.25, -0.2) is 0 Å². The summed E-state index contributed by atoms with van der Waals surface area (Å²) in [7, 11) is 0. The van der Waals surface area contributed by atoms with Crippen LogP contribution in [0.2, 0.25) is 0 Å². The molecule has 2 nitrogen and oxygen atoms in total. The maximum absolute atomic E-state index is 2.73.